The van der Waals surface area contributed by atoms with Gasteiger partial charge in [-0.25, -0.2) is 0 Å². The van der Waals surface area contributed by atoms with Crippen molar-refractivity contribution in [3.63, 3.8) is 0 Å². The molecule has 0 bridgehead atoms. The molecule has 3 aromatic heterocycles. The number of fused-ring (bicyclic) bond motifs is 1. The summed E-state index contributed by atoms with van der Waals surface area (Å²) in [5, 5.41) is 4.84. The molecule has 140 valence electrons. The molecule has 1 aliphatic heterocycles. The third-order valence-electron chi connectivity index (χ3n) is 5.10. The zero-order valence-electron chi connectivity index (χ0n) is 16.1. The van der Waals surface area contributed by atoms with Crippen LogP contribution in [0, 0.1) is 0 Å². The van der Waals surface area contributed by atoms with Crippen LogP contribution in [0.4, 0.5) is 0 Å². The van der Waals surface area contributed by atoms with Crippen LogP contribution < -0.4 is 0 Å². The zero-order valence-corrected chi connectivity index (χ0v) is 16.1. The molecule has 0 saturated carbocycles. The first-order valence-corrected chi connectivity index (χ1v) is 9.51. The number of hydrogen-bond donors (Lipinski definition) is 0. The number of nitrogens with zero attached hydrogens (tertiary/aromatic N) is 5. The van der Waals surface area contributed by atoms with E-state index >= 15 is 0 Å². The van der Waals surface area contributed by atoms with Crippen LogP contribution >= 0.6 is 0 Å². The van der Waals surface area contributed by atoms with Gasteiger partial charge < -0.3 is 9.47 Å². The lowest BCUT2D eigenvalue weighted by Gasteiger charge is -2.17. The minimum absolute atomic E-state index is 0.0311. The lowest BCUT2D eigenvalue weighted by atomic mass is 10.2. The summed E-state index contributed by atoms with van der Waals surface area (Å²) < 4.78 is 4.19. The highest BCUT2D eigenvalue weighted by atomic mass is 16.2. The summed E-state index contributed by atoms with van der Waals surface area (Å²) in [4.78, 5) is 19.2. The molecule has 0 unspecified atom stereocenters. The van der Waals surface area contributed by atoms with Crippen molar-refractivity contribution in [1.82, 2.24) is 24.2 Å². The molecule has 0 radical (unpaired) electrons. The maximum atomic E-state index is 13.0. The second-order valence-corrected chi connectivity index (χ2v) is 7.32. The minimum Gasteiger partial charge on any atom is -0.348 e. The van der Waals surface area contributed by atoms with Gasteiger partial charge in [-0.1, -0.05) is 6.92 Å². The van der Waals surface area contributed by atoms with Crippen molar-refractivity contribution < 1.29 is 4.79 Å². The Hall–Kier alpha value is -2.89. The molecule has 0 fully saturated rings. The van der Waals surface area contributed by atoms with Crippen molar-refractivity contribution in [3.8, 4) is 0 Å². The predicted molar refractivity (Wildman–Crippen MR) is 103 cm³/mol. The van der Waals surface area contributed by atoms with E-state index in [4.69, 9.17) is 5.10 Å². The second-order valence-electron chi connectivity index (χ2n) is 7.32. The van der Waals surface area contributed by atoms with Gasteiger partial charge in [-0.05, 0) is 44.5 Å². The standard InChI is InChI=1S/C21H25N5O/c1-4-17-8-7-16(11-22-17)21(27)25-12-18-19(13-24-9-5-6-10-24)23-26(15(2)3)20(18)14-25/h5-11,15H,4,12-14H2,1-3H3. The van der Waals surface area contributed by atoms with Gasteiger partial charge in [-0.3, -0.25) is 14.5 Å². The van der Waals surface area contributed by atoms with Gasteiger partial charge in [-0.2, -0.15) is 5.10 Å². The third-order valence-corrected chi connectivity index (χ3v) is 5.10. The van der Waals surface area contributed by atoms with E-state index in [1.807, 2.05) is 41.6 Å². The summed E-state index contributed by atoms with van der Waals surface area (Å²) in [5.74, 6) is 0.0311. The maximum Gasteiger partial charge on any atom is 0.256 e. The quantitative estimate of drug-likeness (QED) is 0.698. The highest BCUT2D eigenvalue weighted by Crippen LogP contribution is 2.29. The number of aryl methyl sites for hydroxylation is 1. The van der Waals surface area contributed by atoms with Gasteiger partial charge in [0.2, 0.25) is 0 Å². The summed E-state index contributed by atoms with van der Waals surface area (Å²) in [5.41, 5.74) is 5.03. The molecule has 4 heterocycles. The van der Waals surface area contributed by atoms with Crippen LogP contribution in [-0.2, 0) is 26.1 Å². The van der Waals surface area contributed by atoms with Crippen molar-refractivity contribution >= 4 is 5.91 Å². The second kappa shape index (κ2) is 7.02. The van der Waals surface area contributed by atoms with Gasteiger partial charge in [0, 0.05) is 35.9 Å². The Balaban J connectivity index is 1.60. The lowest BCUT2D eigenvalue weighted by molar-refractivity contribution is 0.0746. The van der Waals surface area contributed by atoms with E-state index in [-0.39, 0.29) is 11.9 Å². The molecule has 6 nitrogen and oxygen atoms in total. The summed E-state index contributed by atoms with van der Waals surface area (Å²) >= 11 is 0. The van der Waals surface area contributed by atoms with Gasteiger partial charge in [0.1, 0.15) is 0 Å². The Morgan fingerprint density at radius 3 is 2.59 bits per heavy atom. The Labute approximate surface area is 159 Å². The van der Waals surface area contributed by atoms with Gasteiger partial charge in [0.25, 0.3) is 5.91 Å². The SMILES string of the molecule is CCc1ccc(C(=O)N2Cc3c(Cn4cccc4)nn(C(C)C)c3C2)cn1. The van der Waals surface area contributed by atoms with Crippen LogP contribution in [0.2, 0.25) is 0 Å². The Kier molecular flexibility index (Phi) is 4.56. The molecular formula is C21H25N5O. The fraction of sp³-hybridized carbons (Fsp3) is 0.381. The molecule has 1 aliphatic rings. The Morgan fingerprint density at radius 1 is 1.19 bits per heavy atom. The van der Waals surface area contributed by atoms with Crippen molar-refractivity contribution in [3.05, 3.63) is 71.1 Å². The largest absolute Gasteiger partial charge is 0.348 e. The highest BCUT2D eigenvalue weighted by molar-refractivity contribution is 5.94. The molecule has 6 heteroatoms. The number of pyridine rings is 1. The fourth-order valence-corrected chi connectivity index (χ4v) is 3.62. The normalized spacial score (nSPS) is 13.4. The number of carbonyl (C=O) groups is 1. The van der Waals surface area contributed by atoms with Crippen LogP contribution in [0.5, 0.6) is 0 Å². The topological polar surface area (TPSA) is 56.0 Å². The van der Waals surface area contributed by atoms with E-state index in [2.05, 4.69) is 35.0 Å². The zero-order chi connectivity index (χ0) is 19.0. The van der Waals surface area contributed by atoms with E-state index in [0.717, 1.165) is 30.0 Å². The van der Waals surface area contributed by atoms with E-state index in [1.165, 1.54) is 5.56 Å². The smallest absolute Gasteiger partial charge is 0.256 e. The van der Waals surface area contributed by atoms with Gasteiger partial charge in [0.05, 0.1) is 36.6 Å². The van der Waals surface area contributed by atoms with Gasteiger partial charge in [-0.15, -0.1) is 0 Å². The summed E-state index contributed by atoms with van der Waals surface area (Å²) in [6.07, 6.45) is 6.65. The minimum atomic E-state index is 0.0311. The van der Waals surface area contributed by atoms with Crippen LogP contribution in [0.3, 0.4) is 0 Å². The number of carbonyl (C=O) groups excluding carboxylic acids is 1. The van der Waals surface area contributed by atoms with Crippen molar-refractivity contribution in [2.24, 2.45) is 0 Å². The molecule has 3 aromatic rings. The van der Waals surface area contributed by atoms with Gasteiger partial charge in [0.15, 0.2) is 0 Å². The number of aromatic nitrogens is 4. The molecular weight excluding hydrogens is 338 g/mol. The van der Waals surface area contributed by atoms with Gasteiger partial charge >= 0.3 is 0 Å². The maximum absolute atomic E-state index is 13.0. The molecule has 0 atom stereocenters. The molecule has 0 aromatic carbocycles. The first-order valence-electron chi connectivity index (χ1n) is 9.51. The summed E-state index contributed by atoms with van der Waals surface area (Å²) in [7, 11) is 0. The molecule has 0 aliphatic carbocycles. The number of hydrogen-bond acceptors (Lipinski definition) is 3. The average Bonchev–Trinajstić information content (AvgIpc) is 3.39. The molecule has 4 rings (SSSR count). The van der Waals surface area contributed by atoms with E-state index < -0.39 is 0 Å². The third kappa shape index (κ3) is 3.27. The number of rotatable bonds is 5. The van der Waals surface area contributed by atoms with E-state index in [9.17, 15) is 4.79 Å². The Bertz CT molecular complexity index is 938. The van der Waals surface area contributed by atoms with Crippen LogP contribution in [0.25, 0.3) is 0 Å². The molecule has 27 heavy (non-hydrogen) atoms. The van der Waals surface area contributed by atoms with Crippen LogP contribution in [-0.4, -0.2) is 30.1 Å². The summed E-state index contributed by atoms with van der Waals surface area (Å²) in [6, 6.07) is 8.11. The fourth-order valence-electron chi connectivity index (χ4n) is 3.62. The highest BCUT2D eigenvalue weighted by Gasteiger charge is 2.31. The lowest BCUT2D eigenvalue weighted by Crippen LogP contribution is -2.27. The molecule has 0 N–H and O–H groups in total. The summed E-state index contributed by atoms with van der Waals surface area (Å²) in [6.45, 7) is 8.25. The Morgan fingerprint density at radius 2 is 1.96 bits per heavy atom. The molecule has 0 saturated heterocycles. The average molecular weight is 363 g/mol. The monoisotopic (exact) mass is 363 g/mol. The molecule has 1 amide bonds. The van der Waals surface area contributed by atoms with E-state index in [0.29, 0.717) is 18.7 Å². The first-order chi connectivity index (χ1) is 13.1. The van der Waals surface area contributed by atoms with E-state index in [1.54, 1.807) is 6.20 Å². The van der Waals surface area contributed by atoms with Crippen LogP contribution in [0.15, 0.2) is 42.9 Å². The van der Waals surface area contributed by atoms with Crippen molar-refractivity contribution in [2.75, 3.05) is 0 Å². The van der Waals surface area contributed by atoms with Crippen LogP contribution in [0.1, 0.15) is 59.8 Å². The van der Waals surface area contributed by atoms with Crippen molar-refractivity contribution in [1.29, 1.82) is 0 Å². The van der Waals surface area contributed by atoms with Crippen molar-refractivity contribution in [2.45, 2.75) is 52.9 Å². The molecule has 0 spiro atoms. The predicted octanol–water partition coefficient (Wildman–Crippen LogP) is 3.43. The number of amides is 1. The first kappa shape index (κ1) is 17.5.